The van der Waals surface area contributed by atoms with Crippen molar-refractivity contribution in [1.82, 2.24) is 4.90 Å². The summed E-state index contributed by atoms with van der Waals surface area (Å²) >= 11 is 7.16. The van der Waals surface area contributed by atoms with Gasteiger partial charge in [0.05, 0.1) is 17.9 Å². The minimum absolute atomic E-state index is 0.138. The van der Waals surface area contributed by atoms with Crippen molar-refractivity contribution in [3.8, 4) is 0 Å². The van der Waals surface area contributed by atoms with Gasteiger partial charge in [0.15, 0.2) is 5.56 Å². The molecule has 0 saturated carbocycles. The molecule has 1 amide bonds. The number of aliphatic hydroxyl groups excluding tert-OH is 1. The zero-order chi connectivity index (χ0) is 13.7. The van der Waals surface area contributed by atoms with Crippen LogP contribution in [0.25, 0.3) is 0 Å². The molecule has 2 saturated heterocycles. The van der Waals surface area contributed by atoms with Gasteiger partial charge < -0.3 is 14.7 Å². The quantitative estimate of drug-likeness (QED) is 0.473. The van der Waals surface area contributed by atoms with Gasteiger partial charge in [0.2, 0.25) is 5.91 Å². The van der Waals surface area contributed by atoms with Gasteiger partial charge in [0.1, 0.15) is 6.04 Å². The maximum atomic E-state index is 12.0. The molecule has 5 nitrogen and oxygen atoms in total. The Bertz CT molecular complexity index is 387. The number of thioether (sulfide) groups is 1. The molecule has 0 aromatic carbocycles. The lowest BCUT2D eigenvalue weighted by Crippen LogP contribution is -2.63. The van der Waals surface area contributed by atoms with E-state index in [4.69, 9.17) is 21.4 Å². The Hall–Kier alpha value is -0.460. The van der Waals surface area contributed by atoms with Gasteiger partial charge in [0.25, 0.3) is 0 Å². The van der Waals surface area contributed by atoms with Crippen molar-refractivity contribution in [1.29, 1.82) is 0 Å². The molecule has 2 fully saturated rings. The van der Waals surface area contributed by atoms with Crippen molar-refractivity contribution in [3.05, 3.63) is 0 Å². The van der Waals surface area contributed by atoms with E-state index in [1.54, 1.807) is 6.92 Å². The van der Waals surface area contributed by atoms with Crippen LogP contribution in [0, 0.1) is 5.92 Å². The van der Waals surface area contributed by atoms with Gasteiger partial charge in [0, 0.05) is 4.75 Å². The number of carbonyl (C=O) groups is 2. The van der Waals surface area contributed by atoms with E-state index in [0.29, 0.717) is 0 Å². The highest BCUT2D eigenvalue weighted by Gasteiger charge is 2.63. The molecule has 0 radical (unpaired) electrons. The molecule has 0 aromatic heterocycles. The third-order valence-electron chi connectivity index (χ3n) is 3.25. The number of hydrogen-bond acceptors (Lipinski definition) is 5. The molecule has 2 heterocycles. The summed E-state index contributed by atoms with van der Waals surface area (Å²) in [6.45, 7) is 5.16. The summed E-state index contributed by atoms with van der Waals surface area (Å²) in [5.41, 5.74) is -0.720. The van der Waals surface area contributed by atoms with E-state index < -0.39 is 28.2 Å². The molecule has 7 heteroatoms. The minimum atomic E-state index is -0.720. The van der Waals surface area contributed by atoms with E-state index >= 15 is 0 Å². The fourth-order valence-corrected chi connectivity index (χ4v) is 4.22. The Morgan fingerprint density at radius 1 is 1.67 bits per heavy atom. The van der Waals surface area contributed by atoms with Gasteiger partial charge in [-0.15, -0.1) is 11.8 Å². The largest absolute Gasteiger partial charge is 0.445 e. The van der Waals surface area contributed by atoms with Crippen LogP contribution in [0.4, 0.5) is 0 Å². The third-order valence-corrected chi connectivity index (χ3v) is 4.97. The summed E-state index contributed by atoms with van der Waals surface area (Å²) in [6, 6.07) is -0.635. The van der Waals surface area contributed by atoms with Gasteiger partial charge in [-0.3, -0.25) is 4.79 Å². The van der Waals surface area contributed by atoms with Gasteiger partial charge >= 0.3 is 5.97 Å². The van der Waals surface area contributed by atoms with E-state index in [2.05, 4.69) is 0 Å². The van der Waals surface area contributed by atoms with E-state index in [1.165, 1.54) is 16.7 Å². The lowest BCUT2D eigenvalue weighted by molar-refractivity contribution is -0.168. The number of β-lactam (4-membered cyclic amide) rings is 1. The zero-order valence-electron chi connectivity index (χ0n) is 10.4. The first-order chi connectivity index (χ1) is 8.29. The fourth-order valence-electron chi connectivity index (χ4n) is 2.46. The number of rotatable bonds is 3. The van der Waals surface area contributed by atoms with Crippen molar-refractivity contribution >= 4 is 35.2 Å². The van der Waals surface area contributed by atoms with Crippen LogP contribution in [0.3, 0.4) is 0 Å². The molecular weight excluding hydrogens is 278 g/mol. The van der Waals surface area contributed by atoms with Crippen molar-refractivity contribution < 1.29 is 19.4 Å². The van der Waals surface area contributed by atoms with Gasteiger partial charge in [-0.25, -0.2) is 4.79 Å². The standard InChI is InChI=1S/C11H16ClNO4S/c1-5(12)17-10(16)7-11(2,3)18-9-6(4-14)8(15)13(7)9/h5-7,9,14H,4H2,1-3H3/t5?,6-,7+,9-/m1/s1. The minimum Gasteiger partial charge on any atom is -0.445 e. The molecule has 1 unspecified atom stereocenters. The zero-order valence-corrected chi connectivity index (χ0v) is 12.0. The van der Waals surface area contributed by atoms with Crippen molar-refractivity contribution in [2.24, 2.45) is 5.92 Å². The molecule has 0 spiro atoms. The number of hydrogen-bond donors (Lipinski definition) is 1. The van der Waals surface area contributed by atoms with Gasteiger partial charge in [-0.05, 0) is 20.8 Å². The highest BCUT2D eigenvalue weighted by molar-refractivity contribution is 8.01. The van der Waals surface area contributed by atoms with Crippen LogP contribution in [0.1, 0.15) is 20.8 Å². The lowest BCUT2D eigenvalue weighted by atomic mass is 9.92. The number of nitrogens with zero attached hydrogens (tertiary/aromatic N) is 1. The SMILES string of the molecule is CC(Cl)OC(=O)[C@@H]1N2C(=O)[C@@H](CO)[C@H]2SC1(C)C. The summed E-state index contributed by atoms with van der Waals surface area (Å²) in [5, 5.41) is 9.01. The third kappa shape index (κ3) is 2.00. The van der Waals surface area contributed by atoms with Crippen LogP contribution in [-0.4, -0.2) is 50.2 Å². The average Bonchev–Trinajstić information content (AvgIpc) is 2.47. The van der Waals surface area contributed by atoms with E-state index in [9.17, 15) is 9.59 Å². The number of ether oxygens (including phenoxy) is 1. The van der Waals surface area contributed by atoms with Crippen molar-refractivity contribution in [2.75, 3.05) is 6.61 Å². The highest BCUT2D eigenvalue weighted by atomic mass is 35.5. The van der Waals surface area contributed by atoms with Crippen LogP contribution in [0.15, 0.2) is 0 Å². The number of halogens is 1. The van der Waals surface area contributed by atoms with Crippen LogP contribution in [0.2, 0.25) is 0 Å². The first-order valence-electron chi connectivity index (χ1n) is 5.75. The molecule has 0 aliphatic carbocycles. The normalized spacial score (nSPS) is 34.8. The molecule has 0 bridgehead atoms. The second kappa shape index (κ2) is 4.58. The van der Waals surface area contributed by atoms with Crippen LogP contribution >= 0.6 is 23.4 Å². The molecule has 0 aromatic rings. The molecule has 2 aliphatic rings. The van der Waals surface area contributed by atoms with Crippen LogP contribution < -0.4 is 0 Å². The molecular formula is C11H16ClNO4S. The molecule has 18 heavy (non-hydrogen) atoms. The second-order valence-corrected chi connectivity index (χ2v) is 7.41. The maximum absolute atomic E-state index is 12.0. The van der Waals surface area contributed by atoms with E-state index in [0.717, 1.165) is 0 Å². The summed E-state index contributed by atoms with van der Waals surface area (Å²) in [6.07, 6.45) is 0. The van der Waals surface area contributed by atoms with E-state index in [1.807, 2.05) is 13.8 Å². The van der Waals surface area contributed by atoms with Crippen molar-refractivity contribution in [3.63, 3.8) is 0 Å². The Kier molecular flexibility index (Phi) is 3.55. The number of fused-ring (bicyclic) bond motifs is 1. The topological polar surface area (TPSA) is 66.8 Å². The van der Waals surface area contributed by atoms with Crippen molar-refractivity contribution in [2.45, 2.75) is 42.5 Å². The van der Waals surface area contributed by atoms with Crippen LogP contribution in [-0.2, 0) is 14.3 Å². The molecule has 2 aliphatic heterocycles. The van der Waals surface area contributed by atoms with Crippen LogP contribution in [0.5, 0.6) is 0 Å². The summed E-state index contributed by atoms with van der Waals surface area (Å²) < 4.78 is 4.56. The first kappa shape index (κ1) is 14.0. The lowest BCUT2D eigenvalue weighted by Gasteiger charge is -2.43. The number of carbonyl (C=O) groups excluding carboxylic acids is 2. The smallest absolute Gasteiger partial charge is 0.331 e. The van der Waals surface area contributed by atoms with E-state index in [-0.39, 0.29) is 17.9 Å². The molecule has 4 atom stereocenters. The maximum Gasteiger partial charge on any atom is 0.331 e. The fraction of sp³-hybridized carbons (Fsp3) is 0.818. The number of amides is 1. The first-order valence-corrected chi connectivity index (χ1v) is 7.06. The molecule has 1 N–H and O–H groups in total. The predicted octanol–water partition coefficient (Wildman–Crippen LogP) is 0.785. The number of esters is 1. The number of alkyl halides is 1. The van der Waals surface area contributed by atoms with Gasteiger partial charge in [-0.2, -0.15) is 0 Å². The number of aliphatic hydroxyl groups is 1. The predicted molar refractivity (Wildman–Crippen MR) is 68.1 cm³/mol. The van der Waals surface area contributed by atoms with Gasteiger partial charge in [-0.1, -0.05) is 11.6 Å². The second-order valence-electron chi connectivity index (χ2n) is 5.03. The summed E-state index contributed by atoms with van der Waals surface area (Å²) in [4.78, 5) is 25.4. The average molecular weight is 294 g/mol. The Morgan fingerprint density at radius 2 is 2.28 bits per heavy atom. The molecule has 102 valence electrons. The monoisotopic (exact) mass is 293 g/mol. The Labute approximate surface area is 115 Å². The Balaban J connectivity index is 2.19. The highest BCUT2D eigenvalue weighted by Crippen LogP contribution is 2.53. The molecule has 2 rings (SSSR count). The Morgan fingerprint density at radius 3 is 2.78 bits per heavy atom. The summed E-state index contributed by atoms with van der Waals surface area (Å²) in [5.74, 6) is -1.08. The summed E-state index contributed by atoms with van der Waals surface area (Å²) in [7, 11) is 0.